The first-order valence-corrected chi connectivity index (χ1v) is 12.6. The summed E-state index contributed by atoms with van der Waals surface area (Å²) in [6.07, 6.45) is 1.78. The number of imidazole rings is 1. The first kappa shape index (κ1) is 22.7. The second-order valence-electron chi connectivity index (χ2n) is 8.18. The first-order valence-electron chi connectivity index (χ1n) is 11.2. The normalized spacial score (nSPS) is 13.4. The van der Waals surface area contributed by atoms with Gasteiger partial charge in [-0.25, -0.2) is 4.98 Å². The average molecular weight is 493 g/mol. The number of carbonyl (C=O) groups is 1. The summed E-state index contributed by atoms with van der Waals surface area (Å²) in [5, 5.41) is 5.93. The highest BCUT2D eigenvalue weighted by Gasteiger charge is 2.30. The summed E-state index contributed by atoms with van der Waals surface area (Å²) in [5.74, 6) is 1.25. The third-order valence-electron chi connectivity index (χ3n) is 5.44. The maximum absolute atomic E-state index is 12.8. The van der Waals surface area contributed by atoms with Crippen molar-refractivity contribution in [3.05, 3.63) is 72.8 Å². The number of ether oxygens (including phenoxy) is 1. The van der Waals surface area contributed by atoms with Gasteiger partial charge in [0, 0.05) is 24.2 Å². The van der Waals surface area contributed by atoms with E-state index in [1.54, 1.807) is 18.2 Å². The van der Waals surface area contributed by atoms with Crippen LogP contribution in [0.1, 0.15) is 12.8 Å². The van der Waals surface area contributed by atoms with Crippen molar-refractivity contribution in [2.24, 2.45) is 5.92 Å². The predicted octanol–water partition coefficient (Wildman–Crippen LogP) is 4.17. The van der Waals surface area contributed by atoms with Crippen molar-refractivity contribution >= 4 is 38.7 Å². The van der Waals surface area contributed by atoms with Crippen molar-refractivity contribution < 1.29 is 22.1 Å². The number of hydrogen-bond acceptors (Lipinski definition) is 7. The molecule has 9 nitrogen and oxygen atoms in total. The van der Waals surface area contributed by atoms with Crippen LogP contribution in [0.3, 0.4) is 0 Å². The Bertz CT molecular complexity index is 1430. The van der Waals surface area contributed by atoms with Crippen molar-refractivity contribution in [3.63, 3.8) is 0 Å². The van der Waals surface area contributed by atoms with Crippen molar-refractivity contribution in [3.8, 4) is 11.5 Å². The number of fused-ring (bicyclic) bond motifs is 1. The van der Waals surface area contributed by atoms with Crippen LogP contribution >= 0.6 is 0 Å². The van der Waals surface area contributed by atoms with Crippen LogP contribution < -0.4 is 19.6 Å². The van der Waals surface area contributed by atoms with Gasteiger partial charge in [0.15, 0.2) is 0 Å². The van der Waals surface area contributed by atoms with Crippen LogP contribution in [0.25, 0.3) is 11.0 Å². The molecule has 0 atom stereocenters. The Morgan fingerprint density at radius 1 is 1.00 bits per heavy atom. The molecular weight excluding hydrogens is 468 g/mol. The maximum Gasteiger partial charge on any atom is 0.339 e. The topological polar surface area (TPSA) is 122 Å². The molecule has 1 aromatic heterocycles. The number of anilines is 2. The van der Waals surface area contributed by atoms with E-state index in [9.17, 15) is 13.2 Å². The average Bonchev–Trinajstić information content (AvgIpc) is 3.63. The molecule has 0 unspecified atom stereocenters. The van der Waals surface area contributed by atoms with Gasteiger partial charge in [-0.1, -0.05) is 18.2 Å². The van der Waals surface area contributed by atoms with Crippen LogP contribution in [0.15, 0.2) is 77.7 Å². The van der Waals surface area contributed by atoms with Crippen molar-refractivity contribution in [2.45, 2.75) is 17.7 Å². The lowest BCUT2D eigenvalue weighted by Crippen LogP contribution is -2.14. The number of carbonyl (C=O) groups excluding carboxylic acids is 1. The fourth-order valence-corrected chi connectivity index (χ4v) is 4.38. The lowest BCUT2D eigenvalue weighted by atomic mass is 10.3. The highest BCUT2D eigenvalue weighted by atomic mass is 32.2. The number of nitrogens with one attached hydrogen (secondary N) is 3. The van der Waals surface area contributed by atoms with Gasteiger partial charge in [-0.15, -0.1) is 0 Å². The number of rotatable bonds is 10. The number of benzene rings is 3. The summed E-state index contributed by atoms with van der Waals surface area (Å²) in [6, 6.07) is 20.5. The molecule has 0 saturated heterocycles. The molecule has 1 heterocycles. The maximum atomic E-state index is 12.8. The molecule has 3 N–H and O–H groups in total. The largest absolute Gasteiger partial charge is 0.492 e. The van der Waals surface area contributed by atoms with E-state index < -0.39 is 10.1 Å². The number of aromatic amines is 1. The Kier molecular flexibility index (Phi) is 6.28. The summed E-state index contributed by atoms with van der Waals surface area (Å²) >= 11 is 0. The Balaban J connectivity index is 1.18. The van der Waals surface area contributed by atoms with Crippen molar-refractivity contribution in [2.75, 3.05) is 23.8 Å². The SMILES string of the molecule is O=C(Nc1nc2ccc(OS(=O)(=O)c3ccc(NCCOc4ccccc4)cc3)cc2[nH]1)C1CC1. The summed E-state index contributed by atoms with van der Waals surface area (Å²) in [5.41, 5.74) is 1.91. The molecule has 180 valence electrons. The Hall–Kier alpha value is -4.05. The van der Waals surface area contributed by atoms with Gasteiger partial charge in [-0.05, 0) is 61.4 Å². The minimum atomic E-state index is -4.03. The van der Waals surface area contributed by atoms with Crippen LogP contribution in [0.4, 0.5) is 11.6 Å². The Morgan fingerprint density at radius 2 is 1.77 bits per heavy atom. The zero-order valence-electron chi connectivity index (χ0n) is 18.7. The van der Waals surface area contributed by atoms with Gasteiger partial charge in [0.05, 0.1) is 11.0 Å². The Morgan fingerprint density at radius 3 is 2.51 bits per heavy atom. The minimum Gasteiger partial charge on any atom is -0.492 e. The molecule has 1 aliphatic carbocycles. The summed E-state index contributed by atoms with van der Waals surface area (Å²) in [4.78, 5) is 19.3. The van der Waals surface area contributed by atoms with Gasteiger partial charge in [0.1, 0.15) is 23.0 Å². The molecule has 5 rings (SSSR count). The van der Waals surface area contributed by atoms with Crippen LogP contribution in [-0.4, -0.2) is 37.4 Å². The number of hydrogen-bond donors (Lipinski definition) is 3. The second-order valence-corrected chi connectivity index (χ2v) is 9.72. The summed E-state index contributed by atoms with van der Waals surface area (Å²) in [6.45, 7) is 1.03. The van der Waals surface area contributed by atoms with Crippen molar-refractivity contribution in [1.29, 1.82) is 0 Å². The fourth-order valence-electron chi connectivity index (χ4n) is 3.46. The van der Waals surface area contributed by atoms with Gasteiger partial charge >= 0.3 is 10.1 Å². The van der Waals surface area contributed by atoms with Crippen LogP contribution in [0.2, 0.25) is 0 Å². The molecule has 1 saturated carbocycles. The van der Waals surface area contributed by atoms with Crippen molar-refractivity contribution in [1.82, 2.24) is 9.97 Å². The number of H-pyrrole nitrogens is 1. The smallest absolute Gasteiger partial charge is 0.339 e. The highest BCUT2D eigenvalue weighted by molar-refractivity contribution is 7.87. The van der Waals surface area contributed by atoms with E-state index in [4.69, 9.17) is 8.92 Å². The number of para-hydroxylation sites is 1. The first-order chi connectivity index (χ1) is 17.0. The summed E-state index contributed by atoms with van der Waals surface area (Å²) < 4.78 is 36.5. The van der Waals surface area contributed by atoms with Gasteiger partial charge in [-0.3, -0.25) is 10.1 Å². The van der Waals surface area contributed by atoms with Crippen LogP contribution in [0.5, 0.6) is 11.5 Å². The third-order valence-corrected chi connectivity index (χ3v) is 6.70. The van der Waals surface area contributed by atoms with Gasteiger partial charge in [0.2, 0.25) is 11.9 Å². The van der Waals surface area contributed by atoms with Crippen LogP contribution in [0, 0.1) is 5.92 Å². The van der Waals surface area contributed by atoms with E-state index in [-0.39, 0.29) is 22.5 Å². The van der Waals surface area contributed by atoms with E-state index in [0.717, 1.165) is 24.3 Å². The molecule has 3 aromatic carbocycles. The molecule has 4 aromatic rings. The number of amides is 1. The Labute approximate surface area is 202 Å². The molecule has 1 fully saturated rings. The minimum absolute atomic E-state index is 0.0330. The van der Waals surface area contributed by atoms with E-state index in [1.807, 2.05) is 30.3 Å². The second kappa shape index (κ2) is 9.67. The monoisotopic (exact) mass is 492 g/mol. The quantitative estimate of drug-likeness (QED) is 0.224. The van der Waals surface area contributed by atoms with Gasteiger partial charge in [0.25, 0.3) is 0 Å². The molecule has 0 spiro atoms. The lowest BCUT2D eigenvalue weighted by molar-refractivity contribution is -0.117. The molecule has 10 heteroatoms. The highest BCUT2D eigenvalue weighted by Crippen LogP contribution is 2.30. The molecule has 1 amide bonds. The standard InChI is InChI=1S/C25H24N4O5S/c30-24(17-6-7-17)29-25-27-22-13-10-20(16-23(22)28-25)34-35(31,32)21-11-8-18(9-12-21)26-14-15-33-19-4-2-1-3-5-19/h1-5,8-13,16-17,26H,6-7,14-15H2,(H2,27,28,29,30). The number of aromatic nitrogens is 2. The molecule has 0 bridgehead atoms. The zero-order chi connectivity index (χ0) is 24.3. The van der Waals surface area contributed by atoms with Crippen LogP contribution in [-0.2, 0) is 14.9 Å². The lowest BCUT2D eigenvalue weighted by Gasteiger charge is -2.10. The van der Waals surface area contributed by atoms with E-state index >= 15 is 0 Å². The zero-order valence-corrected chi connectivity index (χ0v) is 19.5. The molecule has 0 radical (unpaired) electrons. The van der Waals surface area contributed by atoms with Gasteiger partial charge < -0.3 is 19.2 Å². The number of nitrogens with zero attached hydrogens (tertiary/aromatic N) is 1. The van der Waals surface area contributed by atoms with E-state index in [2.05, 4.69) is 20.6 Å². The molecular formula is C25H24N4O5S. The molecule has 0 aliphatic heterocycles. The van der Waals surface area contributed by atoms with E-state index in [0.29, 0.717) is 30.1 Å². The van der Waals surface area contributed by atoms with E-state index in [1.165, 1.54) is 24.3 Å². The molecule has 35 heavy (non-hydrogen) atoms. The molecule has 1 aliphatic rings. The predicted molar refractivity (Wildman–Crippen MR) is 132 cm³/mol. The van der Waals surface area contributed by atoms with Gasteiger partial charge in [-0.2, -0.15) is 8.42 Å². The summed E-state index contributed by atoms with van der Waals surface area (Å²) in [7, 11) is -4.03. The third kappa shape index (κ3) is 5.72. The fraction of sp³-hybridized carbons (Fsp3) is 0.200.